The Kier molecular flexibility index (Phi) is 6.52. The monoisotopic (exact) mass is 370 g/mol. The summed E-state index contributed by atoms with van der Waals surface area (Å²) >= 11 is 0. The molecule has 0 saturated carbocycles. The zero-order valence-corrected chi connectivity index (χ0v) is 16.2. The molecule has 0 aliphatic carbocycles. The molecule has 0 amide bonds. The number of carbonyl (C=O) groups is 1. The smallest absolute Gasteiger partial charge is 0.184 e. The van der Waals surface area contributed by atoms with Gasteiger partial charge in [0.05, 0.1) is 0 Å². The van der Waals surface area contributed by atoms with E-state index in [9.17, 15) is 4.79 Å². The lowest BCUT2D eigenvalue weighted by Crippen LogP contribution is -2.28. The Morgan fingerprint density at radius 2 is 1.15 bits per heavy atom. The second-order valence-corrected chi connectivity index (χ2v) is 7.25. The summed E-state index contributed by atoms with van der Waals surface area (Å²) < 4.78 is 0. The van der Waals surface area contributed by atoms with Crippen molar-refractivity contribution in [3.05, 3.63) is 120 Å². The lowest BCUT2D eigenvalue weighted by molar-refractivity contribution is -0.110. The van der Waals surface area contributed by atoms with Crippen molar-refractivity contribution >= 4 is 20.0 Å². The van der Waals surface area contributed by atoms with Crippen LogP contribution in [0.4, 0.5) is 0 Å². The van der Waals surface area contributed by atoms with Gasteiger partial charge in [-0.1, -0.05) is 109 Å². The Balaban J connectivity index is 2.14. The molecule has 0 unspecified atom stereocenters. The fourth-order valence-electron chi connectivity index (χ4n) is 3.53. The van der Waals surface area contributed by atoms with Crippen LogP contribution in [-0.2, 0) is 10.2 Å². The second-order valence-electron chi connectivity index (χ2n) is 6.43. The third-order valence-corrected chi connectivity index (χ3v) is 5.39. The van der Waals surface area contributed by atoms with Crippen LogP contribution in [0.25, 0.3) is 0 Å². The number of benzene rings is 3. The molecule has 0 bridgehead atoms. The van der Waals surface area contributed by atoms with E-state index in [0.717, 1.165) is 6.42 Å². The minimum absolute atomic E-state index is 0.135. The number of hydrogen-bond donors (Lipinski definition) is 0. The highest BCUT2D eigenvalue weighted by Gasteiger charge is 2.34. The van der Waals surface area contributed by atoms with Gasteiger partial charge in [0.2, 0.25) is 0 Å². The van der Waals surface area contributed by atoms with E-state index < -0.39 is 0 Å². The van der Waals surface area contributed by atoms with Crippen LogP contribution in [0, 0.1) is 0 Å². The Morgan fingerprint density at radius 1 is 0.741 bits per heavy atom. The quantitative estimate of drug-likeness (QED) is 0.260. The number of allylic oxidation sites excluding steroid dienone is 2. The van der Waals surface area contributed by atoms with E-state index in [2.05, 4.69) is 85.2 Å². The van der Waals surface area contributed by atoms with Crippen LogP contribution < -0.4 is 0 Å². The molecule has 0 spiro atoms. The average molecular weight is 370 g/mol. The van der Waals surface area contributed by atoms with Gasteiger partial charge in [0, 0.05) is 11.8 Å². The van der Waals surface area contributed by atoms with Gasteiger partial charge >= 0.3 is 0 Å². The summed E-state index contributed by atoms with van der Waals surface area (Å²) in [5, 5.41) is 0. The second kappa shape index (κ2) is 9.26. The predicted octanol–water partition coefficient (Wildman–Crippen LogP) is 6.26. The first-order valence-corrected chi connectivity index (χ1v) is 10.2. The van der Waals surface area contributed by atoms with Gasteiger partial charge in [0.25, 0.3) is 0 Å². The average Bonchev–Trinajstić information content (AvgIpc) is 2.75. The van der Waals surface area contributed by atoms with Gasteiger partial charge in [0.1, 0.15) is 0 Å². The van der Waals surface area contributed by atoms with E-state index >= 15 is 0 Å². The maximum Gasteiger partial charge on any atom is 0.184 e. The van der Waals surface area contributed by atoms with Gasteiger partial charge in [-0.25, -0.2) is 0 Å². The molecule has 27 heavy (non-hydrogen) atoms. The maximum atomic E-state index is 11.6. The largest absolute Gasteiger partial charge is 0.289 e. The number of rotatable bonds is 8. The topological polar surface area (TPSA) is 17.1 Å². The van der Waals surface area contributed by atoms with Crippen LogP contribution in [0.1, 0.15) is 29.5 Å². The lowest BCUT2D eigenvalue weighted by atomic mass is 9.67. The zero-order valence-electron chi connectivity index (χ0n) is 15.3. The molecule has 0 aromatic heterocycles. The number of carbonyl (C=O) groups excluding carboxylic acids is 1. The van der Waals surface area contributed by atoms with Crippen molar-refractivity contribution < 1.29 is 4.79 Å². The van der Waals surface area contributed by atoms with E-state index in [1.165, 1.54) is 16.7 Å². The van der Waals surface area contributed by atoms with Crippen LogP contribution in [-0.4, -0.2) is 11.8 Å². The minimum Gasteiger partial charge on any atom is -0.289 e. The first-order valence-electron chi connectivity index (χ1n) is 9.08. The summed E-state index contributed by atoms with van der Waals surface area (Å²) in [5.74, 6) is 0. The summed E-state index contributed by atoms with van der Waals surface area (Å²) in [7, 11) is 0.570. The zero-order chi connectivity index (χ0) is 19.0. The van der Waals surface area contributed by atoms with Crippen molar-refractivity contribution in [3.8, 4) is 0 Å². The third kappa shape index (κ3) is 4.32. The van der Waals surface area contributed by atoms with Crippen molar-refractivity contribution in [2.24, 2.45) is 0 Å². The van der Waals surface area contributed by atoms with E-state index in [1.807, 2.05) is 24.3 Å². The van der Waals surface area contributed by atoms with Gasteiger partial charge < -0.3 is 0 Å². The molecule has 3 rings (SSSR count). The molecule has 2 heteroatoms. The Bertz CT molecular complexity index is 802. The minimum atomic E-state index is -0.300. The van der Waals surface area contributed by atoms with Crippen LogP contribution in [0.3, 0.4) is 0 Å². The molecule has 134 valence electrons. The highest BCUT2D eigenvalue weighted by Crippen LogP contribution is 2.42. The van der Waals surface area contributed by atoms with Crippen molar-refractivity contribution in [3.63, 3.8) is 0 Å². The van der Waals surface area contributed by atoms with Crippen molar-refractivity contribution in [2.75, 3.05) is 0 Å². The Morgan fingerprint density at radius 3 is 1.52 bits per heavy atom. The molecule has 0 saturated heterocycles. The summed E-state index contributed by atoms with van der Waals surface area (Å²) in [6.07, 6.45) is 8.97. The van der Waals surface area contributed by atoms with Crippen LogP contribution in [0.15, 0.2) is 103 Å². The molecule has 0 aliphatic heterocycles. The first kappa shape index (κ1) is 19.0. The van der Waals surface area contributed by atoms with Gasteiger partial charge in [-0.3, -0.25) is 4.79 Å². The molecule has 3 aromatic rings. The van der Waals surface area contributed by atoms with Crippen LogP contribution in [0.2, 0.25) is 0 Å². The van der Waals surface area contributed by atoms with Gasteiger partial charge in [-0.15, -0.1) is 0 Å². The summed E-state index contributed by atoms with van der Waals surface area (Å²) in [6.45, 7) is 0. The third-order valence-electron chi connectivity index (χ3n) is 4.86. The van der Waals surface area contributed by atoms with E-state index in [4.69, 9.17) is 0 Å². The number of hydrogen-bond acceptors (Lipinski definition) is 1. The standard InChI is InChI=1S/C25H23OP/c1-27-24(26)19-11-12-20-25(21-13-5-2-6-14-21,22-15-7-3-8-16-22)23-17-9-4-10-18-23/h2-18H,1,19-20H2. The van der Waals surface area contributed by atoms with E-state index in [1.54, 1.807) is 0 Å². The maximum absolute atomic E-state index is 11.6. The summed E-state index contributed by atoms with van der Waals surface area (Å²) in [5.41, 5.74) is 3.57. The van der Waals surface area contributed by atoms with Crippen molar-refractivity contribution in [1.82, 2.24) is 0 Å². The molecule has 0 fully saturated rings. The molecule has 0 atom stereocenters. The molecule has 0 heterocycles. The molecular weight excluding hydrogens is 347 g/mol. The summed E-state index contributed by atoms with van der Waals surface area (Å²) in [4.78, 5) is 11.6. The molecule has 0 aliphatic rings. The normalized spacial score (nSPS) is 11.7. The first-order chi connectivity index (χ1) is 13.3. The Hall–Kier alpha value is -2.76. The van der Waals surface area contributed by atoms with Gasteiger partial charge in [-0.2, -0.15) is 0 Å². The SMILES string of the molecule is C=PC(=O)CC=CCC(c1ccccc1)(c1ccccc1)c1ccccc1. The molecular formula is C25H23OP. The van der Waals surface area contributed by atoms with E-state index in [0.29, 0.717) is 14.6 Å². The molecule has 1 nitrogen and oxygen atoms in total. The van der Waals surface area contributed by atoms with Crippen molar-refractivity contribution in [1.29, 1.82) is 0 Å². The Labute approximate surface area is 163 Å². The van der Waals surface area contributed by atoms with Crippen LogP contribution >= 0.6 is 8.20 Å². The lowest BCUT2D eigenvalue weighted by Gasteiger charge is -2.35. The van der Waals surface area contributed by atoms with Gasteiger partial charge in [0.15, 0.2) is 5.52 Å². The van der Waals surface area contributed by atoms with E-state index in [-0.39, 0.29) is 10.9 Å². The fraction of sp³-hybridized carbons (Fsp3) is 0.120. The highest BCUT2D eigenvalue weighted by molar-refractivity contribution is 7.56. The fourth-order valence-corrected chi connectivity index (χ4v) is 3.76. The predicted molar refractivity (Wildman–Crippen MR) is 117 cm³/mol. The molecule has 3 aromatic carbocycles. The summed E-state index contributed by atoms with van der Waals surface area (Å²) in [6, 6.07) is 31.8. The van der Waals surface area contributed by atoms with Gasteiger partial charge in [-0.05, 0) is 31.3 Å². The molecule has 0 radical (unpaired) electrons. The van der Waals surface area contributed by atoms with Crippen molar-refractivity contribution in [2.45, 2.75) is 18.3 Å². The van der Waals surface area contributed by atoms with Crippen LogP contribution in [0.5, 0.6) is 0 Å². The molecule has 0 N–H and O–H groups in total. The highest BCUT2D eigenvalue weighted by atomic mass is 31.1.